The van der Waals surface area contributed by atoms with Gasteiger partial charge in [0.05, 0.1) is 6.54 Å². The molecular weight excluding hydrogens is 318 g/mol. The number of hydrogen-bond acceptors (Lipinski definition) is 8. The van der Waals surface area contributed by atoms with Crippen molar-refractivity contribution in [3.8, 4) is 11.9 Å². The number of anilines is 3. The second kappa shape index (κ2) is 9.27. The van der Waals surface area contributed by atoms with Crippen molar-refractivity contribution in [2.24, 2.45) is 0 Å². The summed E-state index contributed by atoms with van der Waals surface area (Å²) in [7, 11) is 0. The lowest BCUT2D eigenvalue weighted by Gasteiger charge is -2.17. The van der Waals surface area contributed by atoms with Crippen LogP contribution in [0.3, 0.4) is 0 Å². The summed E-state index contributed by atoms with van der Waals surface area (Å²) < 4.78 is 5.64. The minimum absolute atomic E-state index is 0.168. The first-order valence-electron chi connectivity index (χ1n) is 8.24. The Kier molecular flexibility index (Phi) is 6.77. The zero-order valence-electron chi connectivity index (χ0n) is 14.7. The van der Waals surface area contributed by atoms with Crippen LogP contribution in [0.4, 0.5) is 17.8 Å². The topological polar surface area (TPSA) is 99.0 Å². The fourth-order valence-corrected chi connectivity index (χ4v) is 2.01. The molecule has 0 amide bonds. The molecule has 2 aromatic rings. The molecule has 25 heavy (non-hydrogen) atoms. The Bertz CT molecular complexity index is 700. The molecule has 0 fully saturated rings. The van der Waals surface area contributed by atoms with E-state index in [1.165, 1.54) is 4.90 Å². The lowest BCUT2D eigenvalue weighted by Crippen LogP contribution is -2.26. The predicted molar refractivity (Wildman–Crippen MR) is 97.6 cm³/mol. The quantitative estimate of drug-likeness (QED) is 0.530. The number of aromatic nitrogens is 3. The Balaban J connectivity index is 2.09. The molecule has 8 heteroatoms. The number of nitrogens with one attached hydrogen (secondary N) is 2. The van der Waals surface area contributed by atoms with E-state index in [0.717, 1.165) is 5.75 Å². The first-order chi connectivity index (χ1) is 12.1. The van der Waals surface area contributed by atoms with Gasteiger partial charge in [0.25, 0.3) is 0 Å². The average molecular weight is 341 g/mol. The molecule has 0 radical (unpaired) electrons. The molecule has 0 saturated heterocycles. The van der Waals surface area contributed by atoms with Gasteiger partial charge in [-0.15, -0.1) is 0 Å². The summed E-state index contributed by atoms with van der Waals surface area (Å²) >= 11 is 0. The molecule has 0 saturated carbocycles. The average Bonchev–Trinajstić information content (AvgIpc) is 2.59. The first-order valence-corrected chi connectivity index (χ1v) is 8.24. The van der Waals surface area contributed by atoms with Gasteiger partial charge in [0.2, 0.25) is 17.8 Å². The van der Waals surface area contributed by atoms with Crippen molar-refractivity contribution in [1.29, 1.82) is 5.26 Å². The van der Waals surface area contributed by atoms with Gasteiger partial charge in [0, 0.05) is 12.6 Å². The van der Waals surface area contributed by atoms with Crippen LogP contribution in [-0.4, -0.2) is 40.7 Å². The highest BCUT2D eigenvalue weighted by Crippen LogP contribution is 2.14. The van der Waals surface area contributed by atoms with Crippen LogP contribution in [0.1, 0.15) is 20.8 Å². The molecular formula is C17H23N7O. The highest BCUT2D eigenvalue weighted by Gasteiger charge is 2.14. The van der Waals surface area contributed by atoms with Gasteiger partial charge in [0.1, 0.15) is 12.4 Å². The number of para-hydroxylation sites is 1. The van der Waals surface area contributed by atoms with E-state index in [9.17, 15) is 5.26 Å². The molecule has 0 spiro atoms. The first kappa shape index (κ1) is 18.3. The molecule has 2 N–H and O–H groups in total. The Labute approximate surface area is 147 Å². The smallest absolute Gasteiger partial charge is 0.245 e. The Morgan fingerprint density at radius 2 is 1.88 bits per heavy atom. The number of nitrogens with zero attached hydrogens (tertiary/aromatic N) is 5. The van der Waals surface area contributed by atoms with Gasteiger partial charge < -0.3 is 15.4 Å². The van der Waals surface area contributed by atoms with Gasteiger partial charge in [-0.3, -0.25) is 0 Å². The van der Waals surface area contributed by atoms with Crippen molar-refractivity contribution in [3.63, 3.8) is 0 Å². The summed E-state index contributed by atoms with van der Waals surface area (Å²) in [5, 5.41) is 15.6. The number of nitriles is 1. The molecule has 132 valence electrons. The third kappa shape index (κ3) is 5.80. The molecule has 0 aliphatic rings. The molecule has 0 atom stereocenters. The summed E-state index contributed by atoms with van der Waals surface area (Å²) in [6.45, 7) is 7.29. The predicted octanol–water partition coefficient (Wildman–Crippen LogP) is 2.49. The van der Waals surface area contributed by atoms with E-state index in [4.69, 9.17) is 4.74 Å². The molecule has 8 nitrogen and oxygen atoms in total. The van der Waals surface area contributed by atoms with Crippen molar-refractivity contribution < 1.29 is 4.74 Å². The second-order valence-corrected chi connectivity index (χ2v) is 5.53. The Morgan fingerprint density at radius 1 is 1.16 bits per heavy atom. The van der Waals surface area contributed by atoms with Crippen LogP contribution in [0.25, 0.3) is 0 Å². The molecule has 0 aliphatic heterocycles. The molecule has 0 aliphatic carbocycles. The maximum Gasteiger partial charge on any atom is 0.245 e. The third-order valence-corrected chi connectivity index (χ3v) is 3.07. The minimum Gasteiger partial charge on any atom is -0.492 e. The van der Waals surface area contributed by atoms with Gasteiger partial charge in [-0.25, -0.2) is 4.90 Å². The number of hydrogen-bond donors (Lipinski definition) is 2. The largest absolute Gasteiger partial charge is 0.492 e. The van der Waals surface area contributed by atoms with Crippen LogP contribution in [0, 0.1) is 11.5 Å². The van der Waals surface area contributed by atoms with Crippen LogP contribution in [0.2, 0.25) is 0 Å². The highest BCUT2D eigenvalue weighted by atomic mass is 16.5. The van der Waals surface area contributed by atoms with E-state index in [0.29, 0.717) is 31.6 Å². The zero-order valence-corrected chi connectivity index (χ0v) is 14.7. The van der Waals surface area contributed by atoms with Crippen molar-refractivity contribution >= 4 is 17.8 Å². The third-order valence-electron chi connectivity index (χ3n) is 3.07. The van der Waals surface area contributed by atoms with Crippen LogP contribution < -0.4 is 20.3 Å². The van der Waals surface area contributed by atoms with Crippen LogP contribution in [0.5, 0.6) is 5.75 Å². The van der Waals surface area contributed by atoms with Crippen molar-refractivity contribution in [3.05, 3.63) is 30.3 Å². The Hall–Kier alpha value is -3.08. The van der Waals surface area contributed by atoms with Gasteiger partial charge in [-0.2, -0.15) is 20.2 Å². The second-order valence-electron chi connectivity index (χ2n) is 5.53. The van der Waals surface area contributed by atoms with E-state index in [-0.39, 0.29) is 12.0 Å². The van der Waals surface area contributed by atoms with Crippen molar-refractivity contribution in [2.45, 2.75) is 26.8 Å². The maximum atomic E-state index is 9.45. The van der Waals surface area contributed by atoms with Gasteiger partial charge in [-0.05, 0) is 32.9 Å². The minimum atomic E-state index is 0.168. The summed E-state index contributed by atoms with van der Waals surface area (Å²) in [6, 6.07) is 9.62. The fraction of sp³-hybridized carbons (Fsp3) is 0.412. The molecule has 1 heterocycles. The van der Waals surface area contributed by atoms with E-state index in [1.807, 2.05) is 51.1 Å². The summed E-state index contributed by atoms with van der Waals surface area (Å²) in [6.07, 6.45) is 2.10. The fourth-order valence-electron chi connectivity index (χ4n) is 2.01. The molecule has 0 bridgehead atoms. The molecule has 0 unspecified atom stereocenters. The monoisotopic (exact) mass is 341 g/mol. The number of rotatable bonds is 9. The van der Waals surface area contributed by atoms with Crippen molar-refractivity contribution in [1.82, 2.24) is 15.0 Å². The van der Waals surface area contributed by atoms with Gasteiger partial charge in [-0.1, -0.05) is 18.2 Å². The normalized spacial score (nSPS) is 10.2. The number of benzene rings is 1. The van der Waals surface area contributed by atoms with Crippen LogP contribution >= 0.6 is 0 Å². The maximum absolute atomic E-state index is 9.45. The van der Waals surface area contributed by atoms with Crippen LogP contribution in [0.15, 0.2) is 30.3 Å². The molecule has 1 aromatic carbocycles. The van der Waals surface area contributed by atoms with E-state index in [1.54, 1.807) is 0 Å². The Morgan fingerprint density at radius 3 is 2.52 bits per heavy atom. The summed E-state index contributed by atoms with van der Waals surface area (Å²) in [4.78, 5) is 14.3. The van der Waals surface area contributed by atoms with E-state index in [2.05, 4.69) is 31.8 Å². The summed E-state index contributed by atoms with van der Waals surface area (Å²) in [5.41, 5.74) is 0. The SMILES string of the molecule is CCNc1nc(NC(C)C)nc(N(C#N)CCOc2ccccc2)n1. The van der Waals surface area contributed by atoms with Crippen LogP contribution in [-0.2, 0) is 0 Å². The molecule has 2 rings (SSSR count). The highest BCUT2D eigenvalue weighted by molar-refractivity contribution is 5.46. The van der Waals surface area contributed by atoms with Gasteiger partial charge >= 0.3 is 0 Å². The lowest BCUT2D eigenvalue weighted by molar-refractivity contribution is 0.327. The summed E-state index contributed by atoms with van der Waals surface area (Å²) in [5.74, 6) is 1.90. The van der Waals surface area contributed by atoms with Crippen molar-refractivity contribution in [2.75, 3.05) is 35.2 Å². The number of ether oxygens (including phenoxy) is 1. The van der Waals surface area contributed by atoms with Gasteiger partial charge in [0.15, 0.2) is 6.19 Å². The zero-order chi connectivity index (χ0) is 18.1. The standard InChI is InChI=1S/C17H23N7O/c1-4-19-15-21-16(20-13(2)3)23-17(22-15)24(12-18)10-11-25-14-8-6-5-7-9-14/h5-9,13H,4,10-11H2,1-3H3,(H2,19,20,21,22,23). The molecule has 1 aromatic heterocycles. The lowest BCUT2D eigenvalue weighted by atomic mass is 10.3. The van der Waals surface area contributed by atoms with E-state index >= 15 is 0 Å². The van der Waals surface area contributed by atoms with E-state index < -0.39 is 0 Å².